The van der Waals surface area contributed by atoms with E-state index in [0.717, 1.165) is 11.1 Å². The second-order valence-electron chi connectivity index (χ2n) is 6.70. The van der Waals surface area contributed by atoms with Crippen LogP contribution in [0.4, 0.5) is 23.4 Å². The zero-order valence-corrected chi connectivity index (χ0v) is 16.7. The van der Waals surface area contributed by atoms with Crippen molar-refractivity contribution in [2.45, 2.75) is 0 Å². The fourth-order valence-corrected chi connectivity index (χ4v) is 3.23. The van der Waals surface area contributed by atoms with Gasteiger partial charge < -0.3 is 14.8 Å². The number of hydrogen-bond donors (Lipinski definition) is 2. The number of anilines is 1. The van der Waals surface area contributed by atoms with Crippen LogP contribution in [-0.4, -0.2) is 30.3 Å². The Bertz CT molecular complexity index is 1350. The number of ether oxygens (including phenoxy) is 2. The molecule has 6 nitrogen and oxygen atoms in total. The molecule has 4 rings (SSSR count). The highest BCUT2D eigenvalue weighted by atomic mass is 19.2. The average molecular weight is 445 g/mol. The Morgan fingerprint density at radius 3 is 2.44 bits per heavy atom. The predicted octanol–water partition coefficient (Wildman–Crippen LogP) is 5.06. The van der Waals surface area contributed by atoms with Crippen LogP contribution in [0.3, 0.4) is 0 Å². The second-order valence-corrected chi connectivity index (χ2v) is 6.70. The van der Waals surface area contributed by atoms with E-state index in [1.165, 1.54) is 7.11 Å². The van der Waals surface area contributed by atoms with Crippen LogP contribution in [0, 0.1) is 23.3 Å². The first kappa shape index (κ1) is 21.2. The smallest absolute Gasteiger partial charge is 0.260 e. The standard InChI is InChI=1S/C22H15F4N3O3/c1-31-11-4-6-12(17(8-11)32-2)10-3-5-13-16(7-10)28-29-21(13)27-22(30)14-9-15(23)19(25)20(26)18(14)24/h3-9H,1-2H3,(H2,27,28,29,30). The number of nitrogens with one attached hydrogen (secondary N) is 2. The summed E-state index contributed by atoms with van der Waals surface area (Å²) in [5.74, 6) is -7.52. The van der Waals surface area contributed by atoms with Gasteiger partial charge in [-0.2, -0.15) is 5.10 Å². The Balaban J connectivity index is 1.67. The van der Waals surface area contributed by atoms with Gasteiger partial charge in [-0.05, 0) is 35.9 Å². The number of aromatic amines is 1. The largest absolute Gasteiger partial charge is 0.497 e. The number of carbonyl (C=O) groups excluding carboxylic acids is 1. The van der Waals surface area contributed by atoms with Gasteiger partial charge in [0.1, 0.15) is 11.5 Å². The molecule has 0 unspecified atom stereocenters. The number of rotatable bonds is 5. The molecule has 0 atom stereocenters. The average Bonchev–Trinajstić information content (AvgIpc) is 3.21. The van der Waals surface area contributed by atoms with Gasteiger partial charge in [-0.3, -0.25) is 9.89 Å². The van der Waals surface area contributed by atoms with Crippen molar-refractivity contribution >= 4 is 22.6 Å². The molecule has 0 spiro atoms. The van der Waals surface area contributed by atoms with Crippen LogP contribution >= 0.6 is 0 Å². The molecule has 10 heteroatoms. The van der Waals surface area contributed by atoms with Crippen molar-refractivity contribution in [3.8, 4) is 22.6 Å². The van der Waals surface area contributed by atoms with Crippen molar-refractivity contribution in [3.05, 3.63) is 71.3 Å². The SMILES string of the molecule is COc1ccc(-c2ccc3c(NC(=O)c4cc(F)c(F)c(F)c4F)n[nH]c3c2)c(OC)c1. The van der Waals surface area contributed by atoms with E-state index < -0.39 is 34.7 Å². The van der Waals surface area contributed by atoms with Gasteiger partial charge in [-0.15, -0.1) is 0 Å². The summed E-state index contributed by atoms with van der Waals surface area (Å²) in [6, 6.07) is 10.7. The van der Waals surface area contributed by atoms with Gasteiger partial charge in [0.25, 0.3) is 5.91 Å². The Kier molecular flexibility index (Phi) is 5.43. The predicted molar refractivity (Wildman–Crippen MR) is 109 cm³/mol. The molecule has 4 aromatic rings. The maximum atomic E-state index is 13.9. The number of benzene rings is 3. The van der Waals surface area contributed by atoms with E-state index >= 15 is 0 Å². The molecule has 1 amide bonds. The van der Waals surface area contributed by atoms with Gasteiger partial charge in [0.05, 0.1) is 25.3 Å². The quantitative estimate of drug-likeness (QED) is 0.256. The summed E-state index contributed by atoms with van der Waals surface area (Å²) in [7, 11) is 3.07. The lowest BCUT2D eigenvalue weighted by Gasteiger charge is -2.11. The van der Waals surface area contributed by atoms with Crippen LogP contribution in [-0.2, 0) is 0 Å². The Morgan fingerprint density at radius 2 is 1.72 bits per heavy atom. The van der Waals surface area contributed by atoms with Crippen LogP contribution in [0.25, 0.3) is 22.0 Å². The first-order valence-electron chi connectivity index (χ1n) is 9.19. The molecule has 0 bridgehead atoms. The third-order valence-electron chi connectivity index (χ3n) is 4.86. The summed E-state index contributed by atoms with van der Waals surface area (Å²) < 4.78 is 64.5. The van der Waals surface area contributed by atoms with E-state index in [0.29, 0.717) is 22.4 Å². The number of fused-ring (bicyclic) bond motifs is 1. The molecule has 164 valence electrons. The lowest BCUT2D eigenvalue weighted by Crippen LogP contribution is -2.16. The molecular weight excluding hydrogens is 430 g/mol. The number of nitrogens with zero attached hydrogens (tertiary/aromatic N) is 1. The minimum Gasteiger partial charge on any atom is -0.497 e. The Hall–Kier alpha value is -4.08. The zero-order valence-electron chi connectivity index (χ0n) is 16.7. The van der Waals surface area contributed by atoms with Gasteiger partial charge in [-0.1, -0.05) is 6.07 Å². The Morgan fingerprint density at radius 1 is 0.938 bits per heavy atom. The number of aromatic nitrogens is 2. The molecule has 0 radical (unpaired) electrons. The van der Waals surface area contributed by atoms with Gasteiger partial charge in [0, 0.05) is 17.0 Å². The number of halogens is 4. The highest BCUT2D eigenvalue weighted by Gasteiger charge is 2.24. The summed E-state index contributed by atoms with van der Waals surface area (Å²) in [6.07, 6.45) is 0. The molecule has 2 N–H and O–H groups in total. The van der Waals surface area contributed by atoms with E-state index in [1.54, 1.807) is 37.4 Å². The first-order chi connectivity index (χ1) is 15.3. The number of hydrogen-bond acceptors (Lipinski definition) is 4. The molecule has 0 fully saturated rings. The van der Waals surface area contributed by atoms with E-state index in [4.69, 9.17) is 9.47 Å². The number of carbonyl (C=O) groups is 1. The van der Waals surface area contributed by atoms with E-state index in [1.807, 2.05) is 6.07 Å². The van der Waals surface area contributed by atoms with Crippen molar-refractivity contribution in [2.75, 3.05) is 19.5 Å². The third kappa shape index (κ3) is 3.59. The number of methoxy groups -OCH3 is 2. The van der Waals surface area contributed by atoms with E-state index in [2.05, 4.69) is 15.5 Å². The molecule has 0 aliphatic carbocycles. The maximum absolute atomic E-state index is 13.9. The third-order valence-corrected chi connectivity index (χ3v) is 4.86. The molecule has 32 heavy (non-hydrogen) atoms. The second kappa shape index (κ2) is 8.22. The lowest BCUT2D eigenvalue weighted by atomic mass is 10.0. The van der Waals surface area contributed by atoms with Crippen LogP contribution in [0.2, 0.25) is 0 Å². The summed E-state index contributed by atoms with van der Waals surface area (Å²) in [4.78, 5) is 12.3. The summed E-state index contributed by atoms with van der Waals surface area (Å²) >= 11 is 0. The van der Waals surface area contributed by atoms with Gasteiger partial charge in [-0.25, -0.2) is 17.6 Å². The molecule has 3 aromatic carbocycles. The molecular formula is C22H15F4N3O3. The van der Waals surface area contributed by atoms with E-state index in [-0.39, 0.29) is 11.9 Å². The van der Waals surface area contributed by atoms with E-state index in [9.17, 15) is 22.4 Å². The minimum absolute atomic E-state index is 0.00258. The molecule has 0 saturated carbocycles. The van der Waals surface area contributed by atoms with Gasteiger partial charge in [0.2, 0.25) is 0 Å². The van der Waals surface area contributed by atoms with Crippen molar-refractivity contribution in [1.82, 2.24) is 10.2 Å². The van der Waals surface area contributed by atoms with Crippen LogP contribution in [0.5, 0.6) is 11.5 Å². The van der Waals surface area contributed by atoms with Crippen molar-refractivity contribution in [3.63, 3.8) is 0 Å². The highest BCUT2D eigenvalue weighted by molar-refractivity contribution is 6.08. The fourth-order valence-electron chi connectivity index (χ4n) is 3.23. The van der Waals surface area contributed by atoms with Crippen molar-refractivity contribution in [2.24, 2.45) is 0 Å². The topological polar surface area (TPSA) is 76.2 Å². The summed E-state index contributed by atoms with van der Waals surface area (Å²) in [5, 5.41) is 9.43. The maximum Gasteiger partial charge on any atom is 0.260 e. The Labute approximate surface area is 178 Å². The monoisotopic (exact) mass is 445 g/mol. The summed E-state index contributed by atoms with van der Waals surface area (Å²) in [6.45, 7) is 0. The fraction of sp³-hybridized carbons (Fsp3) is 0.0909. The van der Waals surface area contributed by atoms with Crippen LogP contribution in [0.1, 0.15) is 10.4 Å². The zero-order chi connectivity index (χ0) is 23.0. The van der Waals surface area contributed by atoms with Gasteiger partial charge >= 0.3 is 0 Å². The molecule has 0 aliphatic heterocycles. The molecule has 0 aliphatic rings. The normalized spacial score (nSPS) is 10.9. The number of amides is 1. The summed E-state index contributed by atoms with van der Waals surface area (Å²) in [5.41, 5.74) is 1.08. The molecule has 1 heterocycles. The molecule has 0 saturated heterocycles. The van der Waals surface area contributed by atoms with Gasteiger partial charge in [0.15, 0.2) is 29.1 Å². The molecule has 1 aromatic heterocycles. The van der Waals surface area contributed by atoms with Crippen LogP contribution < -0.4 is 14.8 Å². The van der Waals surface area contributed by atoms with Crippen LogP contribution in [0.15, 0.2) is 42.5 Å². The van der Waals surface area contributed by atoms with Crippen molar-refractivity contribution in [1.29, 1.82) is 0 Å². The minimum atomic E-state index is -2.07. The first-order valence-corrected chi connectivity index (χ1v) is 9.19. The highest BCUT2D eigenvalue weighted by Crippen LogP contribution is 2.35. The van der Waals surface area contributed by atoms with Crippen molar-refractivity contribution < 1.29 is 31.8 Å². The number of H-pyrrole nitrogens is 1. The lowest BCUT2D eigenvalue weighted by molar-refractivity contribution is 0.102.